The summed E-state index contributed by atoms with van der Waals surface area (Å²) in [7, 11) is 0. The number of amides is 1. The number of nitrogens with zero attached hydrogens (tertiary/aromatic N) is 2. The number of aromatic nitrogens is 1. The van der Waals surface area contributed by atoms with E-state index in [-0.39, 0.29) is 11.6 Å². The van der Waals surface area contributed by atoms with Crippen molar-refractivity contribution in [2.75, 3.05) is 5.32 Å². The second-order valence-corrected chi connectivity index (χ2v) is 7.04. The molecule has 0 aliphatic carbocycles. The van der Waals surface area contributed by atoms with E-state index in [4.69, 9.17) is 5.11 Å². The molecule has 1 aromatic heterocycles. The number of carboxylic acid groups (broad SMARTS) is 1. The third kappa shape index (κ3) is 5.37. The minimum Gasteiger partial charge on any atom is -0.480 e. The first-order valence-electron chi connectivity index (χ1n) is 9.32. The Hall–Kier alpha value is -4.27. The van der Waals surface area contributed by atoms with Crippen LogP contribution in [-0.4, -0.2) is 21.6 Å². The molecule has 0 radical (unpaired) electrons. The third-order valence-corrected chi connectivity index (χ3v) is 4.64. The molecule has 0 fully saturated rings. The SMILES string of the molecule is N#CC(=Cc1cn(CC(=O)O)c2ccccc12)C(=O)Nc1cc(C(F)(F)F)cc(C(F)(F)F)c1. The number of rotatable bonds is 5. The Morgan fingerprint density at radius 1 is 1.03 bits per heavy atom. The molecule has 0 aliphatic rings. The van der Waals surface area contributed by atoms with Crippen molar-refractivity contribution in [3.8, 4) is 6.07 Å². The normalized spacial score (nSPS) is 12.4. The molecule has 0 spiro atoms. The molecule has 0 unspecified atom stereocenters. The molecular weight excluding hydrogens is 468 g/mol. The number of hydrogen-bond donors (Lipinski definition) is 2. The lowest BCUT2D eigenvalue weighted by Gasteiger charge is -2.14. The van der Waals surface area contributed by atoms with Crippen LogP contribution in [0.25, 0.3) is 17.0 Å². The van der Waals surface area contributed by atoms with Gasteiger partial charge in [-0.25, -0.2) is 0 Å². The summed E-state index contributed by atoms with van der Waals surface area (Å²) in [6.07, 6.45) is -7.80. The molecule has 6 nitrogen and oxygen atoms in total. The fraction of sp³-hybridized carbons (Fsp3) is 0.136. The molecule has 1 amide bonds. The zero-order valence-electron chi connectivity index (χ0n) is 16.8. The van der Waals surface area contributed by atoms with Crippen molar-refractivity contribution in [3.05, 3.63) is 70.9 Å². The van der Waals surface area contributed by atoms with E-state index in [1.54, 1.807) is 30.3 Å². The van der Waals surface area contributed by atoms with Crippen LogP contribution in [0.5, 0.6) is 0 Å². The number of benzene rings is 2. The fourth-order valence-corrected chi connectivity index (χ4v) is 3.20. The Kier molecular flexibility index (Phi) is 6.40. The maximum absolute atomic E-state index is 13.0. The summed E-state index contributed by atoms with van der Waals surface area (Å²) in [5, 5.41) is 20.8. The molecule has 2 N–H and O–H groups in total. The van der Waals surface area contributed by atoms with Crippen molar-refractivity contribution >= 4 is 34.5 Å². The van der Waals surface area contributed by atoms with Gasteiger partial charge in [0.15, 0.2) is 0 Å². The van der Waals surface area contributed by atoms with Crippen LogP contribution in [0.2, 0.25) is 0 Å². The van der Waals surface area contributed by atoms with Gasteiger partial charge in [0.05, 0.1) is 11.1 Å². The molecular formula is C22H13F6N3O3. The minimum atomic E-state index is -5.11. The number of hydrogen-bond acceptors (Lipinski definition) is 3. The molecule has 0 atom stereocenters. The third-order valence-electron chi connectivity index (χ3n) is 4.64. The predicted molar refractivity (Wildman–Crippen MR) is 108 cm³/mol. The number of anilines is 1. The zero-order valence-corrected chi connectivity index (χ0v) is 16.8. The van der Waals surface area contributed by atoms with E-state index in [1.807, 2.05) is 5.32 Å². The number of aliphatic carboxylic acids is 1. The average molecular weight is 481 g/mol. The van der Waals surface area contributed by atoms with Gasteiger partial charge >= 0.3 is 18.3 Å². The second kappa shape index (κ2) is 8.93. The Balaban J connectivity index is 2.01. The van der Waals surface area contributed by atoms with Gasteiger partial charge < -0.3 is 15.0 Å². The van der Waals surface area contributed by atoms with Crippen LogP contribution in [0, 0.1) is 11.3 Å². The van der Waals surface area contributed by atoms with E-state index in [9.17, 15) is 41.2 Å². The van der Waals surface area contributed by atoms with Gasteiger partial charge in [0, 0.05) is 28.4 Å². The number of fused-ring (bicyclic) bond motifs is 1. The molecule has 0 saturated carbocycles. The van der Waals surface area contributed by atoms with Gasteiger partial charge in [0.25, 0.3) is 5.91 Å². The number of carbonyl (C=O) groups excluding carboxylic acids is 1. The van der Waals surface area contributed by atoms with Crippen molar-refractivity contribution in [1.82, 2.24) is 4.57 Å². The van der Waals surface area contributed by atoms with Gasteiger partial charge in [-0.1, -0.05) is 18.2 Å². The lowest BCUT2D eigenvalue weighted by Crippen LogP contribution is -2.16. The Labute approximate surface area is 187 Å². The van der Waals surface area contributed by atoms with E-state index in [0.717, 1.165) is 6.08 Å². The minimum absolute atomic E-state index is 0.0893. The number of carboxylic acids is 1. The van der Waals surface area contributed by atoms with Gasteiger partial charge in [0.1, 0.15) is 18.2 Å². The van der Waals surface area contributed by atoms with Crippen molar-refractivity contribution in [1.29, 1.82) is 5.26 Å². The predicted octanol–water partition coefficient (Wildman–Crippen LogP) is 5.31. The van der Waals surface area contributed by atoms with Gasteiger partial charge in [-0.2, -0.15) is 31.6 Å². The highest BCUT2D eigenvalue weighted by Gasteiger charge is 2.37. The summed E-state index contributed by atoms with van der Waals surface area (Å²) in [6.45, 7) is -0.424. The number of carbonyl (C=O) groups is 2. The average Bonchev–Trinajstić information content (AvgIpc) is 3.07. The highest BCUT2D eigenvalue weighted by molar-refractivity contribution is 6.10. The molecule has 0 aliphatic heterocycles. The summed E-state index contributed by atoms with van der Waals surface area (Å²) in [5.41, 5.74) is -3.95. The van der Waals surface area contributed by atoms with Crippen LogP contribution in [0.1, 0.15) is 16.7 Å². The first kappa shape index (κ1) is 24.4. The van der Waals surface area contributed by atoms with E-state index in [2.05, 4.69) is 0 Å². The highest BCUT2D eigenvalue weighted by atomic mass is 19.4. The Morgan fingerprint density at radius 2 is 1.62 bits per heavy atom. The number of nitrogens with one attached hydrogen (secondary N) is 1. The van der Waals surface area contributed by atoms with Gasteiger partial charge in [-0.15, -0.1) is 0 Å². The van der Waals surface area contributed by atoms with Crippen molar-refractivity contribution < 1.29 is 41.0 Å². The van der Waals surface area contributed by atoms with E-state index in [0.29, 0.717) is 23.0 Å². The van der Waals surface area contributed by atoms with Crippen LogP contribution in [0.4, 0.5) is 32.0 Å². The summed E-state index contributed by atoms with van der Waals surface area (Å²) in [5.74, 6) is -2.40. The molecule has 1 heterocycles. The largest absolute Gasteiger partial charge is 0.480 e. The lowest BCUT2D eigenvalue weighted by atomic mass is 10.1. The fourth-order valence-electron chi connectivity index (χ4n) is 3.20. The van der Waals surface area contributed by atoms with Gasteiger partial charge in [-0.3, -0.25) is 9.59 Å². The zero-order chi connectivity index (χ0) is 25.3. The second-order valence-electron chi connectivity index (χ2n) is 7.04. The van der Waals surface area contributed by atoms with Gasteiger partial charge in [0.2, 0.25) is 0 Å². The Morgan fingerprint density at radius 3 is 2.15 bits per heavy atom. The molecule has 176 valence electrons. The topological polar surface area (TPSA) is 95.1 Å². The summed E-state index contributed by atoms with van der Waals surface area (Å²) in [4.78, 5) is 23.6. The molecule has 0 bridgehead atoms. The number of alkyl halides is 6. The molecule has 3 aromatic rings. The maximum atomic E-state index is 13.0. The van der Waals surface area contributed by atoms with Crippen LogP contribution in [-0.2, 0) is 28.5 Å². The van der Waals surface area contributed by atoms with Crippen LogP contribution < -0.4 is 5.32 Å². The lowest BCUT2D eigenvalue weighted by molar-refractivity contribution is -0.143. The summed E-state index contributed by atoms with van der Waals surface area (Å²) in [6, 6.07) is 8.56. The van der Waals surface area contributed by atoms with Crippen LogP contribution >= 0.6 is 0 Å². The van der Waals surface area contributed by atoms with E-state index < -0.39 is 53.2 Å². The highest BCUT2D eigenvalue weighted by Crippen LogP contribution is 2.37. The monoisotopic (exact) mass is 481 g/mol. The molecule has 0 saturated heterocycles. The standard InChI is InChI=1S/C22H13F6N3O3/c23-21(24,25)14-6-15(22(26,27)28)8-16(7-14)30-20(34)12(9-29)5-13-10-31(11-19(32)33)18-4-2-1-3-17(13)18/h1-8,10H,11H2,(H,30,34)(H,32,33). The van der Waals surface area contributed by atoms with Gasteiger partial charge in [-0.05, 0) is 30.3 Å². The summed E-state index contributed by atoms with van der Waals surface area (Å²) >= 11 is 0. The van der Waals surface area contributed by atoms with Crippen molar-refractivity contribution in [2.24, 2.45) is 0 Å². The maximum Gasteiger partial charge on any atom is 0.416 e. The smallest absolute Gasteiger partial charge is 0.416 e. The Bertz CT molecular complexity index is 1310. The molecule has 3 rings (SSSR count). The van der Waals surface area contributed by atoms with Crippen molar-refractivity contribution in [3.63, 3.8) is 0 Å². The van der Waals surface area contributed by atoms with Crippen LogP contribution in [0.15, 0.2) is 54.2 Å². The number of nitriles is 1. The molecule has 2 aromatic carbocycles. The van der Waals surface area contributed by atoms with E-state index >= 15 is 0 Å². The van der Waals surface area contributed by atoms with E-state index in [1.165, 1.54) is 10.8 Å². The quantitative estimate of drug-likeness (QED) is 0.293. The first-order chi connectivity index (χ1) is 15.8. The molecule has 34 heavy (non-hydrogen) atoms. The van der Waals surface area contributed by atoms with Crippen LogP contribution in [0.3, 0.4) is 0 Å². The first-order valence-corrected chi connectivity index (χ1v) is 9.32. The number of para-hydroxylation sites is 1. The molecule has 12 heteroatoms. The van der Waals surface area contributed by atoms with Crippen molar-refractivity contribution in [2.45, 2.75) is 18.9 Å². The number of halogens is 6. The summed E-state index contributed by atoms with van der Waals surface area (Å²) < 4.78 is 79.6.